The first-order chi connectivity index (χ1) is 5.59. The average Bonchev–Trinajstić information content (AvgIpc) is 1.96. The van der Waals surface area contributed by atoms with Gasteiger partial charge in [-0.15, -0.1) is 0 Å². The molecule has 0 aromatic rings. The minimum Gasteiger partial charge on any atom is -0.502 e. The molecular formula is C6H8N2O4. The number of hydrogen-bond acceptors (Lipinski definition) is 5. The molecule has 0 aromatic carbocycles. The van der Waals surface area contributed by atoms with Crippen LogP contribution in [0.5, 0.6) is 0 Å². The van der Waals surface area contributed by atoms with E-state index >= 15 is 0 Å². The van der Waals surface area contributed by atoms with Crippen molar-refractivity contribution < 1.29 is 19.7 Å². The van der Waals surface area contributed by atoms with E-state index in [1.807, 2.05) is 0 Å². The second-order valence-electron chi connectivity index (χ2n) is 2.17. The van der Waals surface area contributed by atoms with Crippen LogP contribution in [0.4, 0.5) is 4.79 Å². The molecule has 6 nitrogen and oxygen atoms in total. The Morgan fingerprint density at radius 2 is 2.50 bits per heavy atom. The van der Waals surface area contributed by atoms with E-state index in [0.29, 0.717) is 0 Å². The van der Waals surface area contributed by atoms with Gasteiger partial charge in [0, 0.05) is 6.20 Å². The van der Waals surface area contributed by atoms with Crippen LogP contribution in [0.25, 0.3) is 0 Å². The predicted octanol–water partition coefficient (Wildman–Crippen LogP) is 0.428. The third kappa shape index (κ3) is 1.88. The highest BCUT2D eigenvalue weighted by Crippen LogP contribution is 2.03. The van der Waals surface area contributed by atoms with Crippen molar-refractivity contribution in [3.8, 4) is 0 Å². The Labute approximate surface area is 68.2 Å². The summed E-state index contributed by atoms with van der Waals surface area (Å²) in [7, 11) is 0. The van der Waals surface area contributed by atoms with Crippen LogP contribution in [-0.2, 0) is 4.74 Å². The zero-order chi connectivity index (χ0) is 9.14. The lowest BCUT2D eigenvalue weighted by Crippen LogP contribution is -2.28. The molecule has 3 N–H and O–H groups in total. The van der Waals surface area contributed by atoms with E-state index in [-0.39, 0.29) is 17.8 Å². The number of nitrogens with zero attached hydrogens (tertiary/aromatic N) is 1. The summed E-state index contributed by atoms with van der Waals surface area (Å²) in [6.45, 7) is 1.69. The van der Waals surface area contributed by atoms with Crippen molar-refractivity contribution in [3.63, 3.8) is 0 Å². The van der Waals surface area contributed by atoms with Gasteiger partial charge in [0.25, 0.3) is 5.90 Å². The Bertz CT molecular complexity index is 258. The minimum atomic E-state index is -1.50. The maximum Gasteiger partial charge on any atom is 0.512 e. The molecule has 0 saturated heterocycles. The third-order valence-corrected chi connectivity index (χ3v) is 1.18. The van der Waals surface area contributed by atoms with Gasteiger partial charge in [0.05, 0.1) is 0 Å². The van der Waals surface area contributed by atoms with Crippen LogP contribution in [0, 0.1) is 0 Å². The first-order valence-electron chi connectivity index (χ1n) is 3.23. The molecule has 0 aromatic heterocycles. The number of ether oxygens (including phenoxy) is 1. The number of aliphatic hydroxyl groups excluding tert-OH is 1. The molecule has 0 radical (unpaired) electrons. The fraction of sp³-hybridized carbons (Fsp3) is 0.333. The van der Waals surface area contributed by atoms with Crippen molar-refractivity contribution in [2.45, 2.75) is 13.1 Å². The van der Waals surface area contributed by atoms with E-state index in [1.54, 1.807) is 6.92 Å². The molecule has 1 aliphatic heterocycles. The summed E-state index contributed by atoms with van der Waals surface area (Å²) in [5, 5.41) is 19.9. The molecule has 1 rings (SSSR count). The van der Waals surface area contributed by atoms with Crippen LogP contribution in [0.2, 0.25) is 0 Å². The quantitative estimate of drug-likeness (QED) is 0.461. The van der Waals surface area contributed by atoms with Crippen LogP contribution in [0.15, 0.2) is 17.0 Å². The van der Waals surface area contributed by atoms with Crippen LogP contribution in [0.3, 0.4) is 0 Å². The lowest BCUT2D eigenvalue weighted by atomic mass is 10.4. The molecule has 1 heterocycles. The Kier molecular flexibility index (Phi) is 2.18. The van der Waals surface area contributed by atoms with Crippen molar-refractivity contribution in [1.82, 2.24) is 5.32 Å². The lowest BCUT2D eigenvalue weighted by molar-refractivity contribution is 0.138. The molecule has 0 aliphatic carbocycles. The number of hydrogen-bond donors (Lipinski definition) is 3. The fourth-order valence-corrected chi connectivity index (χ4v) is 0.702. The van der Waals surface area contributed by atoms with Gasteiger partial charge in [0.1, 0.15) is 6.17 Å². The highest BCUT2D eigenvalue weighted by Gasteiger charge is 2.16. The molecule has 12 heavy (non-hydrogen) atoms. The summed E-state index contributed by atoms with van der Waals surface area (Å²) in [4.78, 5) is 13.7. The molecule has 0 bridgehead atoms. The van der Waals surface area contributed by atoms with Crippen LogP contribution in [-0.4, -0.2) is 28.4 Å². The average molecular weight is 172 g/mol. The van der Waals surface area contributed by atoms with Crippen LogP contribution in [0.1, 0.15) is 6.92 Å². The summed E-state index contributed by atoms with van der Waals surface area (Å²) in [5.74, 6) is -0.607. The van der Waals surface area contributed by atoms with Gasteiger partial charge in [-0.05, 0) is 6.92 Å². The normalized spacial score (nSPS) is 21.9. The van der Waals surface area contributed by atoms with E-state index in [4.69, 9.17) is 10.2 Å². The molecule has 0 saturated carbocycles. The number of carboxylic acid groups (broad SMARTS) is 1. The summed E-state index contributed by atoms with van der Waals surface area (Å²) in [6.07, 6.45) is -0.561. The molecule has 1 aliphatic rings. The maximum atomic E-state index is 10.1. The van der Waals surface area contributed by atoms with Crippen molar-refractivity contribution in [2.75, 3.05) is 0 Å². The standard InChI is InChI=1S/C6H8N2O4/c1-3-7-2-4(9)5(8-3)12-6(10)11/h2-3,7,9H,1H3,(H,10,11). The third-order valence-electron chi connectivity index (χ3n) is 1.18. The van der Waals surface area contributed by atoms with E-state index in [1.165, 1.54) is 6.20 Å². The van der Waals surface area contributed by atoms with Gasteiger partial charge >= 0.3 is 6.16 Å². The number of aliphatic imine (C=N–C) groups is 1. The second kappa shape index (κ2) is 3.12. The monoisotopic (exact) mass is 172 g/mol. The first-order valence-corrected chi connectivity index (χ1v) is 3.23. The van der Waals surface area contributed by atoms with Gasteiger partial charge < -0.3 is 20.3 Å². The lowest BCUT2D eigenvalue weighted by Gasteiger charge is -2.14. The van der Waals surface area contributed by atoms with Gasteiger partial charge in [-0.2, -0.15) is 0 Å². The molecular weight excluding hydrogens is 164 g/mol. The molecule has 66 valence electrons. The van der Waals surface area contributed by atoms with Gasteiger partial charge in [-0.3, -0.25) is 0 Å². The van der Waals surface area contributed by atoms with Crippen LogP contribution < -0.4 is 5.32 Å². The summed E-state index contributed by atoms with van der Waals surface area (Å²) in [5.41, 5.74) is 0. The van der Waals surface area contributed by atoms with E-state index in [0.717, 1.165) is 0 Å². The molecule has 0 fully saturated rings. The smallest absolute Gasteiger partial charge is 0.502 e. The number of nitrogens with one attached hydrogen (secondary N) is 1. The maximum absolute atomic E-state index is 10.1. The molecule has 6 heteroatoms. The first kappa shape index (κ1) is 8.38. The highest BCUT2D eigenvalue weighted by atomic mass is 16.7. The van der Waals surface area contributed by atoms with Crippen molar-refractivity contribution in [1.29, 1.82) is 0 Å². The van der Waals surface area contributed by atoms with E-state index in [2.05, 4.69) is 15.0 Å². The summed E-state index contributed by atoms with van der Waals surface area (Å²) in [6, 6.07) is 0. The fourth-order valence-electron chi connectivity index (χ4n) is 0.702. The number of aliphatic hydroxyl groups is 1. The minimum absolute atomic E-state index is 0.284. The highest BCUT2D eigenvalue weighted by molar-refractivity contribution is 5.97. The molecule has 0 amide bonds. The van der Waals surface area contributed by atoms with Gasteiger partial charge in [-0.25, -0.2) is 9.79 Å². The number of carbonyl (C=O) groups is 1. The summed E-state index contributed by atoms with van der Waals surface area (Å²) >= 11 is 0. The van der Waals surface area contributed by atoms with Crippen molar-refractivity contribution >= 4 is 12.1 Å². The largest absolute Gasteiger partial charge is 0.512 e. The van der Waals surface area contributed by atoms with E-state index in [9.17, 15) is 4.79 Å². The molecule has 1 atom stereocenters. The molecule has 0 spiro atoms. The number of rotatable bonds is 0. The van der Waals surface area contributed by atoms with Gasteiger partial charge in [0.2, 0.25) is 0 Å². The second-order valence-corrected chi connectivity index (χ2v) is 2.17. The van der Waals surface area contributed by atoms with E-state index < -0.39 is 6.16 Å². The Hall–Kier alpha value is -1.72. The SMILES string of the molecule is CC1N=C(OC(=O)O)C(O)=CN1. The van der Waals surface area contributed by atoms with Crippen LogP contribution >= 0.6 is 0 Å². The Morgan fingerprint density at radius 3 is 3.08 bits per heavy atom. The van der Waals surface area contributed by atoms with Crippen molar-refractivity contribution in [3.05, 3.63) is 12.0 Å². The Morgan fingerprint density at radius 1 is 1.83 bits per heavy atom. The molecule has 1 unspecified atom stereocenters. The van der Waals surface area contributed by atoms with Gasteiger partial charge in [0.15, 0.2) is 5.76 Å². The van der Waals surface area contributed by atoms with Crippen molar-refractivity contribution in [2.24, 2.45) is 4.99 Å². The van der Waals surface area contributed by atoms with Gasteiger partial charge in [-0.1, -0.05) is 0 Å². The zero-order valence-electron chi connectivity index (χ0n) is 6.31. The zero-order valence-corrected chi connectivity index (χ0v) is 6.31. The topological polar surface area (TPSA) is 91.2 Å². The predicted molar refractivity (Wildman–Crippen MR) is 39.9 cm³/mol. The summed E-state index contributed by atoms with van der Waals surface area (Å²) < 4.78 is 4.18. The Balaban J connectivity index is 2.72.